The summed E-state index contributed by atoms with van der Waals surface area (Å²) in [6, 6.07) is 5.16. The smallest absolute Gasteiger partial charge is 0.266 e. The normalized spacial score (nSPS) is 15.6. The van der Waals surface area contributed by atoms with Crippen LogP contribution in [-0.4, -0.2) is 43.2 Å². The van der Waals surface area contributed by atoms with Crippen LogP contribution in [-0.2, 0) is 0 Å². The van der Waals surface area contributed by atoms with Crippen LogP contribution in [0.15, 0.2) is 24.4 Å². The fraction of sp³-hybridized carbons (Fsp3) is 0.333. The van der Waals surface area contributed by atoms with Gasteiger partial charge in [0.2, 0.25) is 0 Å². The Labute approximate surface area is 177 Å². The summed E-state index contributed by atoms with van der Waals surface area (Å²) in [7, 11) is 3.07. The van der Waals surface area contributed by atoms with E-state index in [-0.39, 0.29) is 13.0 Å². The lowest BCUT2D eigenvalue weighted by atomic mass is 10.0. The molecule has 1 fully saturated rings. The third kappa shape index (κ3) is 3.45. The predicted molar refractivity (Wildman–Crippen MR) is 114 cm³/mol. The summed E-state index contributed by atoms with van der Waals surface area (Å²) < 4.78 is 38.7. The van der Waals surface area contributed by atoms with Crippen LogP contribution in [0.5, 0.6) is 11.5 Å². The number of ether oxygens (including phenoxy) is 2. The number of rotatable bonds is 4. The Balaban J connectivity index is 1.99. The lowest BCUT2D eigenvalue weighted by Crippen LogP contribution is -2.26. The molecule has 3 heterocycles. The molecule has 1 aromatic carbocycles. The van der Waals surface area contributed by atoms with E-state index in [0.717, 1.165) is 10.9 Å². The molecule has 158 valence electrons. The standard InChI is InChI=1S/C21H21ClF2N4O2/c1-11-15(29-2)8-16(30-3)19(22)18(11)14-6-12-9-26-17(25)7-13(12)20(27-14)28-5-4-21(23,24)10-28/h6-9H,4-5,10H2,1-3H3,(H2,25,26). The number of halogens is 3. The molecule has 1 aliphatic heterocycles. The third-order valence-corrected chi connectivity index (χ3v) is 5.70. The topological polar surface area (TPSA) is 73.5 Å². The maximum Gasteiger partial charge on any atom is 0.266 e. The molecule has 2 N–H and O–H groups in total. The van der Waals surface area contributed by atoms with Gasteiger partial charge in [-0.25, -0.2) is 18.7 Å². The summed E-state index contributed by atoms with van der Waals surface area (Å²) in [5.74, 6) is -1.04. The van der Waals surface area contributed by atoms with E-state index in [1.165, 1.54) is 7.11 Å². The first kappa shape index (κ1) is 20.4. The van der Waals surface area contributed by atoms with E-state index < -0.39 is 12.5 Å². The number of anilines is 2. The number of benzene rings is 1. The Morgan fingerprint density at radius 1 is 1.17 bits per heavy atom. The van der Waals surface area contributed by atoms with E-state index >= 15 is 0 Å². The Hall–Kier alpha value is -2.87. The zero-order valence-electron chi connectivity index (χ0n) is 16.8. The molecule has 0 unspecified atom stereocenters. The molecular formula is C21H21ClF2N4O2. The Kier molecular flexibility index (Phi) is 5.05. The largest absolute Gasteiger partial charge is 0.496 e. The van der Waals surface area contributed by atoms with Gasteiger partial charge in [-0.2, -0.15) is 0 Å². The minimum atomic E-state index is -2.77. The molecular weight excluding hydrogens is 414 g/mol. The molecule has 0 amide bonds. The molecule has 0 aliphatic carbocycles. The number of nitrogens with two attached hydrogens (primary N) is 1. The predicted octanol–water partition coefficient (Wildman–Crippen LogP) is 4.70. The van der Waals surface area contributed by atoms with E-state index in [1.54, 1.807) is 30.3 Å². The highest BCUT2D eigenvalue weighted by atomic mass is 35.5. The third-order valence-electron chi connectivity index (χ3n) is 5.32. The minimum Gasteiger partial charge on any atom is -0.496 e. The number of hydrogen-bond donors (Lipinski definition) is 1. The Morgan fingerprint density at radius 3 is 2.53 bits per heavy atom. The molecule has 0 spiro atoms. The maximum absolute atomic E-state index is 13.9. The fourth-order valence-corrected chi connectivity index (χ4v) is 4.17. The van der Waals surface area contributed by atoms with Crippen molar-refractivity contribution in [3.8, 4) is 22.8 Å². The number of aromatic nitrogens is 2. The van der Waals surface area contributed by atoms with Gasteiger partial charge in [-0.1, -0.05) is 11.6 Å². The van der Waals surface area contributed by atoms with E-state index in [2.05, 4.69) is 4.98 Å². The first-order valence-corrected chi connectivity index (χ1v) is 9.72. The molecule has 1 saturated heterocycles. The van der Waals surface area contributed by atoms with Gasteiger partial charge in [0.05, 0.1) is 31.5 Å². The van der Waals surface area contributed by atoms with Crippen LogP contribution in [0.25, 0.3) is 22.0 Å². The van der Waals surface area contributed by atoms with Crippen molar-refractivity contribution in [2.75, 3.05) is 37.9 Å². The Morgan fingerprint density at radius 2 is 1.90 bits per heavy atom. The van der Waals surface area contributed by atoms with Gasteiger partial charge < -0.3 is 20.1 Å². The molecule has 0 radical (unpaired) electrons. The summed E-state index contributed by atoms with van der Waals surface area (Å²) >= 11 is 6.62. The quantitative estimate of drug-likeness (QED) is 0.641. The van der Waals surface area contributed by atoms with E-state index in [9.17, 15) is 8.78 Å². The molecule has 3 aromatic rings. The van der Waals surface area contributed by atoms with Crippen molar-refractivity contribution >= 4 is 34.0 Å². The maximum atomic E-state index is 13.9. The molecule has 1 aliphatic rings. The summed E-state index contributed by atoms with van der Waals surface area (Å²) in [6.07, 6.45) is 1.38. The molecule has 9 heteroatoms. The second kappa shape index (κ2) is 7.43. The fourth-order valence-electron chi connectivity index (χ4n) is 3.80. The zero-order chi connectivity index (χ0) is 21.6. The lowest BCUT2D eigenvalue weighted by Gasteiger charge is -2.22. The van der Waals surface area contributed by atoms with Crippen LogP contribution in [0.3, 0.4) is 0 Å². The first-order chi connectivity index (χ1) is 14.2. The van der Waals surface area contributed by atoms with Crippen LogP contribution in [0.1, 0.15) is 12.0 Å². The molecule has 4 rings (SSSR count). The number of pyridine rings is 2. The van der Waals surface area contributed by atoms with Gasteiger partial charge in [0.1, 0.15) is 23.1 Å². The minimum absolute atomic E-state index is 0.189. The van der Waals surface area contributed by atoms with Crippen molar-refractivity contribution in [1.82, 2.24) is 9.97 Å². The van der Waals surface area contributed by atoms with Crippen molar-refractivity contribution in [3.63, 3.8) is 0 Å². The number of alkyl halides is 2. The van der Waals surface area contributed by atoms with Crippen molar-refractivity contribution in [2.45, 2.75) is 19.3 Å². The van der Waals surface area contributed by atoms with Crippen LogP contribution >= 0.6 is 11.6 Å². The van der Waals surface area contributed by atoms with E-state index in [1.807, 2.05) is 13.0 Å². The molecule has 0 atom stereocenters. The number of fused-ring (bicyclic) bond motifs is 1. The van der Waals surface area contributed by atoms with Crippen LogP contribution in [0, 0.1) is 6.92 Å². The Bertz CT molecular complexity index is 1110. The number of nitrogens with zero attached hydrogens (tertiary/aromatic N) is 3. The number of hydrogen-bond acceptors (Lipinski definition) is 6. The summed E-state index contributed by atoms with van der Waals surface area (Å²) in [5.41, 5.74) is 7.74. The van der Waals surface area contributed by atoms with Gasteiger partial charge in [0, 0.05) is 47.1 Å². The average Bonchev–Trinajstić information content (AvgIpc) is 3.07. The summed E-state index contributed by atoms with van der Waals surface area (Å²) in [5, 5.41) is 1.74. The summed E-state index contributed by atoms with van der Waals surface area (Å²) in [4.78, 5) is 10.5. The molecule has 30 heavy (non-hydrogen) atoms. The highest BCUT2D eigenvalue weighted by molar-refractivity contribution is 6.35. The van der Waals surface area contributed by atoms with Gasteiger partial charge in [0.25, 0.3) is 5.92 Å². The molecule has 0 saturated carbocycles. The van der Waals surface area contributed by atoms with Crippen molar-refractivity contribution in [3.05, 3.63) is 35.0 Å². The van der Waals surface area contributed by atoms with E-state index in [4.69, 9.17) is 31.8 Å². The van der Waals surface area contributed by atoms with Gasteiger partial charge in [0.15, 0.2) is 0 Å². The van der Waals surface area contributed by atoms with Gasteiger partial charge >= 0.3 is 0 Å². The number of nitrogen functional groups attached to an aromatic ring is 1. The average molecular weight is 435 g/mol. The van der Waals surface area contributed by atoms with Crippen molar-refractivity contribution < 1.29 is 18.3 Å². The van der Waals surface area contributed by atoms with E-state index in [0.29, 0.717) is 44.8 Å². The van der Waals surface area contributed by atoms with Gasteiger partial charge in [-0.3, -0.25) is 0 Å². The second-order valence-electron chi connectivity index (χ2n) is 7.28. The highest BCUT2D eigenvalue weighted by Crippen LogP contribution is 2.44. The second-order valence-corrected chi connectivity index (χ2v) is 7.66. The first-order valence-electron chi connectivity index (χ1n) is 9.34. The lowest BCUT2D eigenvalue weighted by molar-refractivity contribution is 0.0257. The molecule has 2 aromatic heterocycles. The zero-order valence-corrected chi connectivity index (χ0v) is 17.6. The molecule has 0 bridgehead atoms. The van der Waals surface area contributed by atoms with Gasteiger partial charge in [-0.15, -0.1) is 0 Å². The highest BCUT2D eigenvalue weighted by Gasteiger charge is 2.39. The summed E-state index contributed by atoms with van der Waals surface area (Å²) in [6.45, 7) is 1.64. The van der Waals surface area contributed by atoms with Crippen molar-refractivity contribution in [2.24, 2.45) is 0 Å². The van der Waals surface area contributed by atoms with Crippen LogP contribution in [0.4, 0.5) is 20.4 Å². The van der Waals surface area contributed by atoms with Gasteiger partial charge in [-0.05, 0) is 19.1 Å². The number of methoxy groups -OCH3 is 2. The molecule has 6 nitrogen and oxygen atoms in total. The van der Waals surface area contributed by atoms with Crippen molar-refractivity contribution in [1.29, 1.82) is 0 Å². The monoisotopic (exact) mass is 434 g/mol. The SMILES string of the molecule is COc1cc(OC)c(Cl)c(-c2cc3cnc(N)cc3c(N3CCC(F)(F)C3)n2)c1C. The van der Waals surface area contributed by atoms with Crippen LogP contribution in [0.2, 0.25) is 5.02 Å². The van der Waals surface area contributed by atoms with Crippen LogP contribution < -0.4 is 20.1 Å².